The van der Waals surface area contributed by atoms with Crippen LogP contribution in [0.1, 0.15) is 10.4 Å². The first-order chi connectivity index (χ1) is 11.1. The van der Waals surface area contributed by atoms with Crippen molar-refractivity contribution in [1.29, 1.82) is 0 Å². The molecule has 3 aromatic rings. The van der Waals surface area contributed by atoms with Gasteiger partial charge in [-0.2, -0.15) is 0 Å². The van der Waals surface area contributed by atoms with Crippen molar-refractivity contribution in [3.8, 4) is 22.3 Å². The van der Waals surface area contributed by atoms with Crippen LogP contribution in [0.15, 0.2) is 58.3 Å². The maximum atomic E-state index is 12.0. The Morgan fingerprint density at radius 3 is 2.43 bits per heavy atom. The van der Waals surface area contributed by atoms with E-state index in [0.717, 1.165) is 19.9 Å². The molecule has 1 aromatic carbocycles. The van der Waals surface area contributed by atoms with Crippen molar-refractivity contribution in [2.75, 3.05) is 0 Å². The molecule has 0 aliphatic heterocycles. The van der Waals surface area contributed by atoms with E-state index >= 15 is 0 Å². The summed E-state index contributed by atoms with van der Waals surface area (Å²) in [6, 6.07) is 14.0. The van der Waals surface area contributed by atoms with Gasteiger partial charge in [-0.25, -0.2) is 4.79 Å². The molecule has 0 aliphatic rings. The molecule has 3 rings (SSSR count). The maximum absolute atomic E-state index is 12.0. The summed E-state index contributed by atoms with van der Waals surface area (Å²) in [7, 11) is 3.06. The highest BCUT2D eigenvalue weighted by atomic mass is 32.1. The van der Waals surface area contributed by atoms with Crippen molar-refractivity contribution >= 4 is 11.3 Å². The highest BCUT2D eigenvalue weighted by Gasteiger charge is 2.04. The molecule has 0 spiro atoms. The van der Waals surface area contributed by atoms with Crippen LogP contribution in [0.25, 0.3) is 10.4 Å². The van der Waals surface area contributed by atoms with Gasteiger partial charge >= 0.3 is 5.69 Å². The summed E-state index contributed by atoms with van der Waals surface area (Å²) < 4.78 is 2.42. The fourth-order valence-corrected chi connectivity index (χ4v) is 3.05. The van der Waals surface area contributed by atoms with Crippen LogP contribution in [0.4, 0.5) is 0 Å². The first-order valence-corrected chi connectivity index (χ1v) is 7.82. The first kappa shape index (κ1) is 15.1. The number of nitrogens with zero attached hydrogens (tertiary/aromatic N) is 2. The summed E-state index contributed by atoms with van der Waals surface area (Å²) in [4.78, 5) is 25.7. The molecule has 0 fully saturated rings. The zero-order chi connectivity index (χ0) is 16.4. The summed E-state index contributed by atoms with van der Waals surface area (Å²) in [5.74, 6) is 5.88. The van der Waals surface area contributed by atoms with Crippen LogP contribution in [0.2, 0.25) is 0 Å². The van der Waals surface area contributed by atoms with E-state index in [-0.39, 0.29) is 11.2 Å². The molecule has 0 amide bonds. The standard InChI is InChI=1S/C18H14N2O2S/c1-19-12-14(17(21)20(2)18(19)22)8-9-15-10-11-16(23-15)13-6-4-3-5-7-13/h3-7,10-12H,1-2H3. The summed E-state index contributed by atoms with van der Waals surface area (Å²) in [6.07, 6.45) is 1.48. The number of hydrogen-bond acceptors (Lipinski definition) is 3. The molecule has 5 heteroatoms. The zero-order valence-electron chi connectivity index (χ0n) is 12.7. The van der Waals surface area contributed by atoms with Crippen LogP contribution in [-0.4, -0.2) is 9.13 Å². The van der Waals surface area contributed by atoms with E-state index in [4.69, 9.17) is 0 Å². The van der Waals surface area contributed by atoms with Crippen LogP contribution >= 0.6 is 11.3 Å². The van der Waals surface area contributed by atoms with Gasteiger partial charge in [-0.3, -0.25) is 9.36 Å². The Morgan fingerprint density at radius 2 is 1.70 bits per heavy atom. The van der Waals surface area contributed by atoms with E-state index in [1.807, 2.05) is 42.5 Å². The van der Waals surface area contributed by atoms with Crippen molar-refractivity contribution in [2.24, 2.45) is 14.1 Å². The van der Waals surface area contributed by atoms with Gasteiger partial charge in [0.15, 0.2) is 0 Å². The molecule has 23 heavy (non-hydrogen) atoms. The molecular weight excluding hydrogens is 308 g/mol. The number of benzene rings is 1. The van der Waals surface area contributed by atoms with E-state index in [0.29, 0.717) is 5.56 Å². The minimum atomic E-state index is -0.375. The topological polar surface area (TPSA) is 44.0 Å². The molecule has 2 heterocycles. The summed E-state index contributed by atoms with van der Waals surface area (Å²) in [6.45, 7) is 0. The summed E-state index contributed by atoms with van der Waals surface area (Å²) in [5, 5.41) is 0. The Hall–Kier alpha value is -2.84. The highest BCUT2D eigenvalue weighted by molar-refractivity contribution is 7.16. The van der Waals surface area contributed by atoms with E-state index in [1.54, 1.807) is 18.4 Å². The van der Waals surface area contributed by atoms with Gasteiger partial charge in [-0.05, 0) is 17.7 Å². The third-order valence-electron chi connectivity index (χ3n) is 3.43. The molecule has 0 saturated heterocycles. The van der Waals surface area contributed by atoms with Gasteiger partial charge in [0.05, 0.1) is 4.88 Å². The molecule has 0 bridgehead atoms. The first-order valence-electron chi connectivity index (χ1n) is 7.00. The molecule has 0 radical (unpaired) electrons. The minimum absolute atomic E-state index is 0.310. The Kier molecular flexibility index (Phi) is 4.00. The summed E-state index contributed by atoms with van der Waals surface area (Å²) in [5.41, 5.74) is 0.719. The Bertz CT molecular complexity index is 1030. The van der Waals surface area contributed by atoms with E-state index < -0.39 is 0 Å². The van der Waals surface area contributed by atoms with Gasteiger partial charge in [0.25, 0.3) is 5.56 Å². The fourth-order valence-electron chi connectivity index (χ4n) is 2.19. The summed E-state index contributed by atoms with van der Waals surface area (Å²) >= 11 is 1.57. The lowest BCUT2D eigenvalue weighted by atomic mass is 10.2. The van der Waals surface area contributed by atoms with Crippen LogP contribution in [0, 0.1) is 11.8 Å². The smallest absolute Gasteiger partial charge is 0.302 e. The monoisotopic (exact) mass is 322 g/mol. The van der Waals surface area contributed by atoms with Gasteiger partial charge in [0.1, 0.15) is 5.56 Å². The number of aryl methyl sites for hydroxylation is 1. The Labute approximate surface area is 137 Å². The van der Waals surface area contributed by atoms with Gasteiger partial charge in [-0.15, -0.1) is 11.3 Å². The maximum Gasteiger partial charge on any atom is 0.330 e. The van der Waals surface area contributed by atoms with E-state index in [2.05, 4.69) is 11.8 Å². The Balaban J connectivity index is 1.97. The lowest BCUT2D eigenvalue weighted by molar-refractivity contribution is 0.682. The second-order valence-corrected chi connectivity index (χ2v) is 6.16. The number of rotatable bonds is 1. The van der Waals surface area contributed by atoms with Gasteiger partial charge < -0.3 is 4.57 Å². The lowest BCUT2D eigenvalue weighted by Crippen LogP contribution is -2.37. The molecule has 0 atom stereocenters. The second-order valence-electron chi connectivity index (χ2n) is 5.08. The SMILES string of the molecule is Cn1cc(C#Cc2ccc(-c3ccccc3)s2)c(=O)n(C)c1=O. The second kappa shape index (κ2) is 6.11. The van der Waals surface area contributed by atoms with Crippen molar-refractivity contribution in [3.05, 3.63) is 79.9 Å². The number of thiophene rings is 1. The van der Waals surface area contributed by atoms with Gasteiger partial charge in [0.2, 0.25) is 0 Å². The minimum Gasteiger partial charge on any atom is -0.302 e. The lowest BCUT2D eigenvalue weighted by Gasteiger charge is -2.01. The van der Waals surface area contributed by atoms with Crippen LogP contribution < -0.4 is 11.2 Å². The van der Waals surface area contributed by atoms with E-state index in [1.165, 1.54) is 17.8 Å². The molecule has 0 unspecified atom stereocenters. The quantitative estimate of drug-likeness (QED) is 0.645. The molecular formula is C18H14N2O2S. The average molecular weight is 322 g/mol. The normalized spacial score (nSPS) is 10.2. The van der Waals surface area contributed by atoms with Crippen molar-refractivity contribution < 1.29 is 0 Å². The Morgan fingerprint density at radius 1 is 0.957 bits per heavy atom. The van der Waals surface area contributed by atoms with Crippen molar-refractivity contribution in [3.63, 3.8) is 0 Å². The predicted molar refractivity (Wildman–Crippen MR) is 92.7 cm³/mol. The van der Waals surface area contributed by atoms with Gasteiger partial charge in [0, 0.05) is 25.2 Å². The largest absolute Gasteiger partial charge is 0.330 e. The van der Waals surface area contributed by atoms with Crippen molar-refractivity contribution in [1.82, 2.24) is 9.13 Å². The third-order valence-corrected chi connectivity index (χ3v) is 4.48. The molecule has 4 nitrogen and oxygen atoms in total. The van der Waals surface area contributed by atoms with Crippen LogP contribution in [0.3, 0.4) is 0 Å². The average Bonchev–Trinajstić information content (AvgIpc) is 3.05. The number of aromatic nitrogens is 2. The van der Waals surface area contributed by atoms with Crippen LogP contribution in [0.5, 0.6) is 0 Å². The van der Waals surface area contributed by atoms with Crippen molar-refractivity contribution in [2.45, 2.75) is 0 Å². The highest BCUT2D eigenvalue weighted by Crippen LogP contribution is 2.27. The molecule has 114 valence electrons. The molecule has 0 aliphatic carbocycles. The molecule has 0 N–H and O–H groups in total. The zero-order valence-corrected chi connectivity index (χ0v) is 13.6. The predicted octanol–water partition coefficient (Wildman–Crippen LogP) is 2.21. The molecule has 0 saturated carbocycles. The molecule has 2 aromatic heterocycles. The van der Waals surface area contributed by atoms with E-state index in [9.17, 15) is 9.59 Å². The fraction of sp³-hybridized carbons (Fsp3) is 0.111. The number of hydrogen-bond donors (Lipinski definition) is 0. The van der Waals surface area contributed by atoms with Crippen LogP contribution in [-0.2, 0) is 14.1 Å². The third kappa shape index (κ3) is 3.03. The van der Waals surface area contributed by atoms with Gasteiger partial charge in [-0.1, -0.05) is 42.2 Å².